The van der Waals surface area contributed by atoms with Gasteiger partial charge in [0.15, 0.2) is 5.76 Å². The molecule has 0 radical (unpaired) electrons. The number of anilines is 1. The van der Waals surface area contributed by atoms with Crippen LogP contribution in [0.4, 0.5) is 10.7 Å². The van der Waals surface area contributed by atoms with Gasteiger partial charge in [0.05, 0.1) is 22.0 Å². The Morgan fingerprint density at radius 2 is 1.88 bits per heavy atom. The highest BCUT2D eigenvalue weighted by Crippen LogP contribution is 2.34. The molecule has 0 atom stereocenters. The summed E-state index contributed by atoms with van der Waals surface area (Å²) in [6, 6.07) is 8.47. The molecule has 0 unspecified atom stereocenters. The van der Waals surface area contributed by atoms with Crippen molar-refractivity contribution in [3.05, 3.63) is 74.0 Å². The average molecular weight is 487 g/mol. The first-order valence-corrected chi connectivity index (χ1v) is 10.9. The number of thiophene rings is 1. The summed E-state index contributed by atoms with van der Waals surface area (Å²) in [5.74, 6) is -1.39. The SMILES string of the molecule is CCCOC(=O)c1c(NC(=O)c2ccc(COc3ccc([N+](=O)[O-])cc3)o2)sc(C(N)=O)c1C. The zero-order chi connectivity index (χ0) is 24.8. The monoisotopic (exact) mass is 487 g/mol. The number of hydrogen-bond donors (Lipinski definition) is 2. The fraction of sp³-hybridized carbons (Fsp3) is 0.227. The number of carbonyl (C=O) groups is 3. The van der Waals surface area contributed by atoms with E-state index in [2.05, 4.69) is 5.32 Å². The third-order valence-corrected chi connectivity index (χ3v) is 5.77. The van der Waals surface area contributed by atoms with Crippen LogP contribution >= 0.6 is 11.3 Å². The van der Waals surface area contributed by atoms with Crippen molar-refractivity contribution in [3.8, 4) is 5.75 Å². The molecule has 0 bridgehead atoms. The Labute approximate surface area is 197 Å². The Morgan fingerprint density at radius 3 is 2.50 bits per heavy atom. The lowest BCUT2D eigenvalue weighted by Crippen LogP contribution is -2.15. The topological polar surface area (TPSA) is 164 Å². The van der Waals surface area contributed by atoms with Crippen LogP contribution in [0.1, 0.15) is 55.3 Å². The Morgan fingerprint density at radius 1 is 1.18 bits per heavy atom. The van der Waals surface area contributed by atoms with Crippen molar-refractivity contribution in [2.45, 2.75) is 26.9 Å². The minimum absolute atomic E-state index is 0.0242. The zero-order valence-electron chi connectivity index (χ0n) is 18.3. The Kier molecular flexibility index (Phi) is 7.64. The number of esters is 1. The van der Waals surface area contributed by atoms with Crippen LogP contribution in [-0.2, 0) is 11.3 Å². The lowest BCUT2D eigenvalue weighted by Gasteiger charge is -2.07. The van der Waals surface area contributed by atoms with Gasteiger partial charge in [0.1, 0.15) is 23.1 Å². The van der Waals surface area contributed by atoms with Gasteiger partial charge in [0.25, 0.3) is 17.5 Å². The Bertz CT molecular complexity index is 1230. The average Bonchev–Trinajstić information content (AvgIpc) is 3.41. The van der Waals surface area contributed by atoms with Gasteiger partial charge in [0, 0.05) is 12.1 Å². The summed E-state index contributed by atoms with van der Waals surface area (Å²) in [7, 11) is 0. The van der Waals surface area contributed by atoms with Crippen LogP contribution < -0.4 is 15.8 Å². The Hall–Kier alpha value is -4.19. The van der Waals surface area contributed by atoms with Gasteiger partial charge in [-0.15, -0.1) is 11.3 Å². The summed E-state index contributed by atoms with van der Waals surface area (Å²) < 4.78 is 16.2. The summed E-state index contributed by atoms with van der Waals surface area (Å²) in [6.45, 7) is 3.55. The largest absolute Gasteiger partial charge is 0.486 e. The molecule has 2 heterocycles. The second-order valence-corrected chi connectivity index (χ2v) is 8.04. The number of nitro groups is 1. The van der Waals surface area contributed by atoms with Crippen molar-refractivity contribution in [2.24, 2.45) is 5.73 Å². The molecule has 0 aliphatic carbocycles. The molecule has 0 aliphatic heterocycles. The number of non-ortho nitro benzene ring substituents is 1. The van der Waals surface area contributed by atoms with Crippen LogP contribution in [0.5, 0.6) is 5.75 Å². The molecule has 178 valence electrons. The fourth-order valence-corrected chi connectivity index (χ4v) is 3.95. The first kappa shape index (κ1) is 24.5. The highest BCUT2D eigenvalue weighted by Gasteiger charge is 2.26. The van der Waals surface area contributed by atoms with Gasteiger partial charge in [-0.2, -0.15) is 0 Å². The molecule has 3 aromatic rings. The number of ether oxygens (including phenoxy) is 2. The van der Waals surface area contributed by atoms with E-state index in [0.717, 1.165) is 11.3 Å². The van der Waals surface area contributed by atoms with Gasteiger partial charge in [-0.3, -0.25) is 19.7 Å². The fourth-order valence-electron chi connectivity index (χ4n) is 2.91. The van der Waals surface area contributed by atoms with Crippen molar-refractivity contribution < 1.29 is 33.2 Å². The molecular formula is C22H21N3O8S. The standard InChI is InChI=1S/C22H21N3O8S/c1-3-10-31-22(28)17-12(2)18(19(23)26)34-21(17)24-20(27)16-9-8-15(33-16)11-32-14-6-4-13(5-7-14)25(29)30/h4-9H,3,10-11H2,1-2H3,(H2,23,26)(H,24,27). The maximum absolute atomic E-state index is 12.7. The maximum Gasteiger partial charge on any atom is 0.341 e. The number of nitrogens with one attached hydrogen (secondary N) is 1. The van der Waals surface area contributed by atoms with E-state index < -0.39 is 22.7 Å². The molecule has 3 rings (SSSR count). The van der Waals surface area contributed by atoms with Crippen LogP contribution in [0.3, 0.4) is 0 Å². The highest BCUT2D eigenvalue weighted by molar-refractivity contribution is 7.18. The van der Waals surface area contributed by atoms with E-state index in [1.54, 1.807) is 6.92 Å². The second-order valence-electron chi connectivity index (χ2n) is 7.02. The molecule has 12 heteroatoms. The number of benzene rings is 1. The van der Waals surface area contributed by atoms with E-state index in [4.69, 9.17) is 19.6 Å². The summed E-state index contributed by atoms with van der Waals surface area (Å²) in [5, 5.41) is 13.4. The first-order chi connectivity index (χ1) is 16.2. The summed E-state index contributed by atoms with van der Waals surface area (Å²) >= 11 is 0.875. The molecule has 3 N–H and O–H groups in total. The normalized spacial score (nSPS) is 10.5. The maximum atomic E-state index is 12.7. The van der Waals surface area contributed by atoms with Gasteiger partial charge in [0.2, 0.25) is 0 Å². The number of rotatable bonds is 10. The molecule has 1 aromatic carbocycles. The van der Waals surface area contributed by atoms with Crippen molar-refractivity contribution >= 4 is 39.8 Å². The third-order valence-electron chi connectivity index (χ3n) is 4.55. The first-order valence-electron chi connectivity index (χ1n) is 10.1. The Balaban J connectivity index is 1.71. The van der Waals surface area contributed by atoms with Crippen molar-refractivity contribution in [1.82, 2.24) is 0 Å². The van der Waals surface area contributed by atoms with Crippen molar-refractivity contribution in [3.63, 3.8) is 0 Å². The number of carbonyl (C=O) groups excluding carboxylic acids is 3. The quantitative estimate of drug-likeness (QED) is 0.245. The summed E-state index contributed by atoms with van der Waals surface area (Å²) in [5.41, 5.74) is 5.71. The number of primary amides is 1. The summed E-state index contributed by atoms with van der Waals surface area (Å²) in [4.78, 5) is 47.3. The number of nitro benzene ring substituents is 1. The lowest BCUT2D eigenvalue weighted by molar-refractivity contribution is -0.384. The van der Waals surface area contributed by atoms with Crippen LogP contribution in [0.25, 0.3) is 0 Å². The molecule has 11 nitrogen and oxygen atoms in total. The van der Waals surface area contributed by atoms with E-state index in [1.165, 1.54) is 36.4 Å². The molecule has 0 saturated heterocycles. The number of nitrogens with two attached hydrogens (primary N) is 1. The van der Waals surface area contributed by atoms with Crippen LogP contribution in [-0.4, -0.2) is 29.3 Å². The summed E-state index contributed by atoms with van der Waals surface area (Å²) in [6.07, 6.45) is 0.608. The molecule has 0 aliphatic rings. The van der Waals surface area contributed by atoms with Crippen molar-refractivity contribution in [1.29, 1.82) is 0 Å². The second kappa shape index (κ2) is 10.6. The number of amides is 2. The van der Waals surface area contributed by atoms with E-state index in [-0.39, 0.29) is 40.1 Å². The number of nitrogens with zero attached hydrogens (tertiary/aromatic N) is 1. The molecular weight excluding hydrogens is 466 g/mol. The predicted octanol–water partition coefficient (Wildman–Crippen LogP) is 4.05. The van der Waals surface area contributed by atoms with Gasteiger partial charge in [-0.1, -0.05) is 6.92 Å². The molecule has 0 spiro atoms. The minimum atomic E-state index is -0.726. The van der Waals surface area contributed by atoms with Crippen molar-refractivity contribution in [2.75, 3.05) is 11.9 Å². The number of hydrogen-bond acceptors (Lipinski definition) is 9. The van der Waals surface area contributed by atoms with Gasteiger partial charge >= 0.3 is 5.97 Å². The smallest absolute Gasteiger partial charge is 0.341 e. The highest BCUT2D eigenvalue weighted by atomic mass is 32.1. The van der Waals surface area contributed by atoms with Gasteiger partial charge in [-0.25, -0.2) is 4.79 Å². The molecule has 34 heavy (non-hydrogen) atoms. The zero-order valence-corrected chi connectivity index (χ0v) is 19.1. The third kappa shape index (κ3) is 5.59. The minimum Gasteiger partial charge on any atom is -0.486 e. The van der Waals surface area contributed by atoms with Crippen LogP contribution in [0, 0.1) is 17.0 Å². The van der Waals surface area contributed by atoms with E-state index >= 15 is 0 Å². The lowest BCUT2D eigenvalue weighted by atomic mass is 10.1. The van der Waals surface area contributed by atoms with Crippen LogP contribution in [0.2, 0.25) is 0 Å². The molecule has 0 saturated carbocycles. The van der Waals surface area contributed by atoms with Gasteiger partial charge in [-0.05, 0) is 43.2 Å². The molecule has 2 amide bonds. The number of furan rings is 1. The molecule has 0 fully saturated rings. The van der Waals surface area contributed by atoms with Crippen LogP contribution in [0.15, 0.2) is 40.8 Å². The van der Waals surface area contributed by atoms with Gasteiger partial charge < -0.3 is 24.9 Å². The van der Waals surface area contributed by atoms with E-state index in [0.29, 0.717) is 23.5 Å². The van der Waals surface area contributed by atoms with E-state index in [9.17, 15) is 24.5 Å². The van der Waals surface area contributed by atoms with E-state index in [1.807, 2.05) is 6.92 Å². The molecule has 2 aromatic heterocycles. The predicted molar refractivity (Wildman–Crippen MR) is 122 cm³/mol.